The molecule has 2 nitrogen and oxygen atoms in total. The van der Waals surface area contributed by atoms with E-state index in [0.717, 1.165) is 17.1 Å². The van der Waals surface area contributed by atoms with Crippen molar-refractivity contribution in [1.82, 2.24) is 0 Å². The van der Waals surface area contributed by atoms with Gasteiger partial charge in [0.2, 0.25) is 0 Å². The highest BCUT2D eigenvalue weighted by Crippen LogP contribution is 2.57. The summed E-state index contributed by atoms with van der Waals surface area (Å²) < 4.78 is 5.96. The second-order valence-electron chi connectivity index (χ2n) is 5.89. The minimum atomic E-state index is 0.169. The fourth-order valence-corrected chi connectivity index (χ4v) is 2.61. The van der Waals surface area contributed by atoms with Crippen LogP contribution in [0.25, 0.3) is 11.3 Å². The van der Waals surface area contributed by atoms with Crippen LogP contribution in [0.5, 0.6) is 0 Å². The van der Waals surface area contributed by atoms with Gasteiger partial charge in [-0.1, -0.05) is 43.7 Å². The summed E-state index contributed by atoms with van der Waals surface area (Å²) in [6.45, 7) is 6.47. The van der Waals surface area contributed by atoms with Crippen molar-refractivity contribution < 1.29 is 4.42 Å². The van der Waals surface area contributed by atoms with Gasteiger partial charge in [-0.15, -0.1) is 0 Å². The third-order valence-electron chi connectivity index (χ3n) is 4.18. The van der Waals surface area contributed by atoms with Crippen LogP contribution in [0.1, 0.15) is 31.1 Å². The molecule has 2 heteroatoms. The molecule has 94 valence electrons. The highest BCUT2D eigenvalue weighted by molar-refractivity contribution is 5.58. The van der Waals surface area contributed by atoms with E-state index in [1.807, 2.05) is 6.07 Å². The average molecular weight is 241 g/mol. The van der Waals surface area contributed by atoms with Crippen LogP contribution in [0.15, 0.2) is 40.8 Å². The van der Waals surface area contributed by atoms with Crippen molar-refractivity contribution in [2.45, 2.75) is 32.7 Å². The van der Waals surface area contributed by atoms with Crippen molar-refractivity contribution in [3.8, 4) is 11.3 Å². The lowest BCUT2D eigenvalue weighted by Gasteiger charge is -2.00. The summed E-state index contributed by atoms with van der Waals surface area (Å²) in [5, 5.41) is 0. The van der Waals surface area contributed by atoms with Gasteiger partial charge in [0, 0.05) is 17.5 Å². The van der Waals surface area contributed by atoms with Gasteiger partial charge in [-0.3, -0.25) is 0 Å². The molecule has 1 aromatic heterocycles. The van der Waals surface area contributed by atoms with E-state index in [4.69, 9.17) is 10.2 Å². The Morgan fingerprint density at radius 2 is 1.67 bits per heavy atom. The molecule has 0 aliphatic heterocycles. The lowest BCUT2D eigenvalue weighted by atomic mass is 10.1. The van der Waals surface area contributed by atoms with E-state index in [-0.39, 0.29) is 11.5 Å². The molecule has 1 aliphatic carbocycles. The number of aryl methyl sites for hydroxylation is 1. The molecule has 0 radical (unpaired) electrons. The standard InChI is InChI=1S/C16H19NO/c1-10-4-6-11(7-5-10)12-8-9-13(18-12)14-15(17)16(14,2)3/h4-9,14-15H,17H2,1-3H3. The van der Waals surface area contributed by atoms with Gasteiger partial charge in [0.25, 0.3) is 0 Å². The Kier molecular flexibility index (Phi) is 2.39. The fourth-order valence-electron chi connectivity index (χ4n) is 2.61. The molecule has 1 aliphatic rings. The SMILES string of the molecule is Cc1ccc(-c2ccc(C3C(N)C3(C)C)o2)cc1. The zero-order valence-corrected chi connectivity index (χ0v) is 11.1. The van der Waals surface area contributed by atoms with E-state index in [2.05, 4.69) is 51.1 Å². The zero-order chi connectivity index (χ0) is 12.9. The summed E-state index contributed by atoms with van der Waals surface area (Å²) in [7, 11) is 0. The van der Waals surface area contributed by atoms with Gasteiger partial charge < -0.3 is 10.2 Å². The van der Waals surface area contributed by atoms with E-state index < -0.39 is 0 Å². The molecule has 0 amide bonds. The van der Waals surface area contributed by atoms with Gasteiger partial charge >= 0.3 is 0 Å². The minimum Gasteiger partial charge on any atom is -0.461 e. The van der Waals surface area contributed by atoms with Crippen molar-refractivity contribution in [3.63, 3.8) is 0 Å². The predicted molar refractivity (Wildman–Crippen MR) is 73.4 cm³/mol. The van der Waals surface area contributed by atoms with Crippen molar-refractivity contribution in [3.05, 3.63) is 47.7 Å². The summed E-state index contributed by atoms with van der Waals surface area (Å²) in [5.74, 6) is 2.31. The van der Waals surface area contributed by atoms with Crippen molar-refractivity contribution in [2.75, 3.05) is 0 Å². The van der Waals surface area contributed by atoms with Crippen LogP contribution in [-0.4, -0.2) is 6.04 Å². The molecule has 3 rings (SSSR count). The maximum Gasteiger partial charge on any atom is 0.134 e. The maximum atomic E-state index is 6.08. The second-order valence-corrected chi connectivity index (χ2v) is 5.89. The van der Waals surface area contributed by atoms with Crippen LogP contribution in [-0.2, 0) is 0 Å². The molecule has 2 atom stereocenters. The molecular weight excluding hydrogens is 222 g/mol. The molecule has 0 saturated heterocycles. The molecule has 2 aromatic rings. The van der Waals surface area contributed by atoms with E-state index in [1.165, 1.54) is 5.56 Å². The smallest absolute Gasteiger partial charge is 0.134 e. The minimum absolute atomic E-state index is 0.169. The van der Waals surface area contributed by atoms with E-state index >= 15 is 0 Å². The first-order valence-electron chi connectivity index (χ1n) is 6.42. The Labute approximate surface area is 108 Å². The maximum absolute atomic E-state index is 6.08. The highest BCUT2D eigenvalue weighted by atomic mass is 16.3. The van der Waals surface area contributed by atoms with E-state index in [9.17, 15) is 0 Å². The first kappa shape index (κ1) is 11.5. The van der Waals surface area contributed by atoms with Gasteiger partial charge in [-0.25, -0.2) is 0 Å². The van der Waals surface area contributed by atoms with E-state index in [1.54, 1.807) is 0 Å². The number of rotatable bonds is 2. The first-order valence-corrected chi connectivity index (χ1v) is 6.42. The second kappa shape index (κ2) is 3.72. The third kappa shape index (κ3) is 1.68. The van der Waals surface area contributed by atoms with Crippen molar-refractivity contribution in [1.29, 1.82) is 0 Å². The Morgan fingerprint density at radius 1 is 1.06 bits per heavy atom. The van der Waals surface area contributed by atoms with Gasteiger partial charge in [0.15, 0.2) is 0 Å². The topological polar surface area (TPSA) is 39.2 Å². The zero-order valence-electron chi connectivity index (χ0n) is 11.1. The van der Waals surface area contributed by atoms with E-state index in [0.29, 0.717) is 5.92 Å². The van der Waals surface area contributed by atoms with Crippen LogP contribution >= 0.6 is 0 Å². The van der Waals surface area contributed by atoms with Gasteiger partial charge in [0.1, 0.15) is 11.5 Å². The summed E-state index contributed by atoms with van der Waals surface area (Å²) >= 11 is 0. The molecule has 2 N–H and O–H groups in total. The Hall–Kier alpha value is -1.54. The largest absolute Gasteiger partial charge is 0.461 e. The lowest BCUT2D eigenvalue weighted by Crippen LogP contribution is -2.06. The third-order valence-corrected chi connectivity index (χ3v) is 4.18. The molecule has 1 aromatic carbocycles. The Morgan fingerprint density at radius 3 is 2.22 bits per heavy atom. The molecule has 18 heavy (non-hydrogen) atoms. The summed E-state index contributed by atoms with van der Waals surface area (Å²) in [6, 6.07) is 12.7. The van der Waals surface area contributed by atoms with Crippen LogP contribution in [0.4, 0.5) is 0 Å². The van der Waals surface area contributed by atoms with Crippen LogP contribution in [0.2, 0.25) is 0 Å². The molecule has 1 heterocycles. The molecular formula is C16H19NO. The number of benzene rings is 1. The fraction of sp³-hybridized carbons (Fsp3) is 0.375. The molecule has 2 unspecified atom stereocenters. The molecule has 1 saturated carbocycles. The molecule has 0 spiro atoms. The lowest BCUT2D eigenvalue weighted by molar-refractivity contribution is 0.492. The summed E-state index contributed by atoms with van der Waals surface area (Å²) in [4.78, 5) is 0. The Bertz CT molecular complexity index is 565. The van der Waals surface area contributed by atoms with Gasteiger partial charge in [0.05, 0.1) is 0 Å². The molecule has 0 bridgehead atoms. The number of hydrogen-bond acceptors (Lipinski definition) is 2. The van der Waals surface area contributed by atoms with Crippen LogP contribution in [0, 0.1) is 12.3 Å². The van der Waals surface area contributed by atoms with Gasteiger partial charge in [-0.05, 0) is 24.5 Å². The quantitative estimate of drug-likeness (QED) is 0.870. The highest BCUT2D eigenvalue weighted by Gasteiger charge is 2.57. The number of furan rings is 1. The normalized spacial score (nSPS) is 25.1. The van der Waals surface area contributed by atoms with Gasteiger partial charge in [-0.2, -0.15) is 0 Å². The number of nitrogens with two attached hydrogens (primary N) is 1. The Balaban J connectivity index is 1.89. The van der Waals surface area contributed by atoms with Crippen molar-refractivity contribution in [2.24, 2.45) is 11.1 Å². The molecule has 1 fully saturated rings. The number of hydrogen-bond donors (Lipinski definition) is 1. The average Bonchev–Trinajstić information content (AvgIpc) is 2.69. The summed E-state index contributed by atoms with van der Waals surface area (Å²) in [6.07, 6.45) is 0. The predicted octanol–water partition coefficient (Wildman–Crippen LogP) is 3.71. The van der Waals surface area contributed by atoms with Crippen LogP contribution < -0.4 is 5.73 Å². The van der Waals surface area contributed by atoms with Crippen molar-refractivity contribution >= 4 is 0 Å². The van der Waals surface area contributed by atoms with Crippen LogP contribution in [0.3, 0.4) is 0 Å². The monoisotopic (exact) mass is 241 g/mol. The first-order chi connectivity index (χ1) is 8.50. The summed E-state index contributed by atoms with van der Waals surface area (Å²) in [5.41, 5.74) is 8.64.